The molecule has 0 spiro atoms. The molecule has 0 aliphatic rings. The van der Waals surface area contributed by atoms with Crippen molar-refractivity contribution in [3.8, 4) is 5.75 Å². The number of ether oxygens (including phenoxy) is 2. The highest BCUT2D eigenvalue weighted by Crippen LogP contribution is 2.40. The third-order valence-electron chi connectivity index (χ3n) is 6.19. The molecule has 0 fully saturated rings. The lowest BCUT2D eigenvalue weighted by Gasteiger charge is -2.28. The molecule has 0 radical (unpaired) electrons. The van der Waals surface area contributed by atoms with Gasteiger partial charge in [0.15, 0.2) is 0 Å². The molecule has 0 saturated carbocycles. The van der Waals surface area contributed by atoms with Gasteiger partial charge in [0.05, 0.1) is 19.6 Å². The van der Waals surface area contributed by atoms with E-state index in [1.54, 1.807) is 0 Å². The zero-order valence-electron chi connectivity index (χ0n) is 23.0. The molecule has 0 amide bonds. The van der Waals surface area contributed by atoms with Crippen LogP contribution in [0.25, 0.3) is 0 Å². The van der Waals surface area contributed by atoms with E-state index in [1.807, 2.05) is 12.1 Å². The number of phenolic OH excluding ortho intramolecular Hbond substituents is 1. The lowest BCUT2D eigenvalue weighted by Crippen LogP contribution is -2.22. The van der Waals surface area contributed by atoms with Gasteiger partial charge in [-0.2, -0.15) is 0 Å². The molecule has 0 aliphatic carbocycles. The number of aromatic hydroxyl groups is 1. The third-order valence-corrected chi connectivity index (χ3v) is 6.19. The summed E-state index contributed by atoms with van der Waals surface area (Å²) in [7, 11) is 1.38. The number of hydrogen-bond acceptors (Lipinski definition) is 5. The zero-order valence-corrected chi connectivity index (χ0v) is 23.0. The zero-order chi connectivity index (χ0) is 26.1. The predicted octanol–water partition coefficient (Wildman–Crippen LogP) is 6.86. The lowest BCUT2D eigenvalue weighted by molar-refractivity contribution is -0.147. The SMILES string of the molecule is COC(=O)C(CCC(=O)OCCCCCC(C)C)Cc1cc(C(C)(C)C)c(O)c(C(C)(C)C)c1. The van der Waals surface area contributed by atoms with Gasteiger partial charge in [0.1, 0.15) is 5.75 Å². The minimum Gasteiger partial charge on any atom is -0.507 e. The number of benzene rings is 1. The van der Waals surface area contributed by atoms with Gasteiger partial charge in [0.2, 0.25) is 0 Å². The van der Waals surface area contributed by atoms with Gasteiger partial charge in [0.25, 0.3) is 0 Å². The summed E-state index contributed by atoms with van der Waals surface area (Å²) in [5.41, 5.74) is 2.17. The van der Waals surface area contributed by atoms with Gasteiger partial charge in [-0.3, -0.25) is 9.59 Å². The van der Waals surface area contributed by atoms with E-state index in [-0.39, 0.29) is 29.2 Å². The second-order valence-electron chi connectivity index (χ2n) is 12.0. The number of carbonyl (C=O) groups excluding carboxylic acids is 2. The molecule has 1 N–H and O–H groups in total. The topological polar surface area (TPSA) is 72.8 Å². The summed E-state index contributed by atoms with van der Waals surface area (Å²) in [5, 5.41) is 11.0. The summed E-state index contributed by atoms with van der Waals surface area (Å²) in [4.78, 5) is 24.8. The highest BCUT2D eigenvalue weighted by molar-refractivity contribution is 5.75. The first kappa shape index (κ1) is 30.0. The van der Waals surface area contributed by atoms with Crippen molar-refractivity contribution in [2.75, 3.05) is 13.7 Å². The van der Waals surface area contributed by atoms with E-state index in [9.17, 15) is 14.7 Å². The molecule has 5 heteroatoms. The second kappa shape index (κ2) is 13.2. The van der Waals surface area contributed by atoms with E-state index in [2.05, 4.69) is 55.4 Å². The van der Waals surface area contributed by atoms with E-state index in [1.165, 1.54) is 13.5 Å². The van der Waals surface area contributed by atoms with Crippen LogP contribution in [0.5, 0.6) is 5.75 Å². The van der Waals surface area contributed by atoms with Gasteiger partial charge < -0.3 is 14.6 Å². The largest absolute Gasteiger partial charge is 0.507 e. The summed E-state index contributed by atoms with van der Waals surface area (Å²) in [6.45, 7) is 17.2. The predicted molar refractivity (Wildman–Crippen MR) is 138 cm³/mol. The first-order valence-electron chi connectivity index (χ1n) is 12.8. The van der Waals surface area contributed by atoms with Crippen molar-refractivity contribution in [3.05, 3.63) is 28.8 Å². The van der Waals surface area contributed by atoms with Crippen LogP contribution in [-0.2, 0) is 36.3 Å². The Morgan fingerprint density at radius 3 is 1.94 bits per heavy atom. The summed E-state index contributed by atoms with van der Waals surface area (Å²) in [6.07, 6.45) is 5.28. The normalized spacial score (nSPS) is 13.1. The average molecular weight is 477 g/mol. The van der Waals surface area contributed by atoms with Crippen molar-refractivity contribution >= 4 is 11.9 Å². The Kier molecular flexibility index (Phi) is 11.6. The standard InChI is InChI=1S/C29H48O5/c1-20(2)13-11-10-12-16-34-25(30)15-14-22(27(32)33-9)17-21-18-23(28(3,4)5)26(31)24(19-21)29(6,7)8/h18-20,22,31H,10-17H2,1-9H3. The Balaban J connectivity index is 2.87. The number of esters is 2. The van der Waals surface area contributed by atoms with Crippen molar-refractivity contribution in [1.29, 1.82) is 0 Å². The minimum absolute atomic E-state index is 0.183. The van der Waals surface area contributed by atoms with Gasteiger partial charge in [-0.1, -0.05) is 86.8 Å². The smallest absolute Gasteiger partial charge is 0.309 e. The maximum Gasteiger partial charge on any atom is 0.309 e. The highest BCUT2D eigenvalue weighted by Gasteiger charge is 2.28. The molecule has 1 aromatic rings. The first-order valence-corrected chi connectivity index (χ1v) is 12.8. The molecule has 0 aromatic heterocycles. The Labute approximate surface area is 207 Å². The summed E-state index contributed by atoms with van der Waals surface area (Å²) in [6, 6.07) is 3.96. The highest BCUT2D eigenvalue weighted by atomic mass is 16.5. The molecule has 1 aromatic carbocycles. The molecule has 1 rings (SSSR count). The van der Waals surface area contributed by atoms with E-state index >= 15 is 0 Å². The molecular weight excluding hydrogens is 428 g/mol. The number of unbranched alkanes of at least 4 members (excludes halogenated alkanes) is 2. The van der Waals surface area contributed by atoms with Crippen LogP contribution in [0.4, 0.5) is 0 Å². The quantitative estimate of drug-likeness (QED) is 0.263. The molecular formula is C29H48O5. The number of rotatable bonds is 12. The van der Waals surface area contributed by atoms with Crippen molar-refractivity contribution in [1.82, 2.24) is 0 Å². The van der Waals surface area contributed by atoms with Crippen LogP contribution < -0.4 is 0 Å². The molecule has 0 saturated heterocycles. The van der Waals surface area contributed by atoms with Crippen LogP contribution in [0.1, 0.15) is 111 Å². The second-order valence-corrected chi connectivity index (χ2v) is 12.0. The van der Waals surface area contributed by atoms with Crippen molar-refractivity contribution < 1.29 is 24.2 Å². The fourth-order valence-corrected chi connectivity index (χ4v) is 4.09. The average Bonchev–Trinajstić information content (AvgIpc) is 2.71. The van der Waals surface area contributed by atoms with E-state index in [4.69, 9.17) is 9.47 Å². The molecule has 0 bridgehead atoms. The van der Waals surface area contributed by atoms with Gasteiger partial charge >= 0.3 is 11.9 Å². The Morgan fingerprint density at radius 1 is 0.912 bits per heavy atom. The number of hydrogen-bond donors (Lipinski definition) is 1. The van der Waals surface area contributed by atoms with Crippen LogP contribution in [0.3, 0.4) is 0 Å². The van der Waals surface area contributed by atoms with E-state index in [0.717, 1.165) is 36.0 Å². The van der Waals surface area contributed by atoms with Crippen LogP contribution in [0, 0.1) is 11.8 Å². The fraction of sp³-hybridized carbons (Fsp3) is 0.724. The molecule has 194 valence electrons. The Morgan fingerprint density at radius 2 is 1.47 bits per heavy atom. The van der Waals surface area contributed by atoms with Gasteiger partial charge in [-0.15, -0.1) is 0 Å². The number of carbonyl (C=O) groups is 2. The van der Waals surface area contributed by atoms with Crippen molar-refractivity contribution in [2.24, 2.45) is 11.8 Å². The van der Waals surface area contributed by atoms with Gasteiger partial charge in [-0.25, -0.2) is 0 Å². The first-order chi connectivity index (χ1) is 15.7. The molecule has 0 heterocycles. The Bertz CT molecular complexity index is 761. The minimum atomic E-state index is -0.450. The van der Waals surface area contributed by atoms with Gasteiger partial charge in [0, 0.05) is 6.42 Å². The summed E-state index contributed by atoms with van der Waals surface area (Å²) >= 11 is 0. The molecule has 1 unspecified atom stereocenters. The fourth-order valence-electron chi connectivity index (χ4n) is 4.09. The molecule has 1 atom stereocenters. The van der Waals surface area contributed by atoms with E-state index in [0.29, 0.717) is 31.1 Å². The lowest BCUT2D eigenvalue weighted by atomic mass is 9.77. The van der Waals surface area contributed by atoms with Crippen molar-refractivity contribution in [3.63, 3.8) is 0 Å². The van der Waals surface area contributed by atoms with Crippen molar-refractivity contribution in [2.45, 2.75) is 111 Å². The number of phenols is 1. The maximum atomic E-state index is 12.5. The number of methoxy groups -OCH3 is 1. The third kappa shape index (κ3) is 10.1. The van der Waals surface area contributed by atoms with Crippen LogP contribution in [-0.4, -0.2) is 30.8 Å². The summed E-state index contributed by atoms with van der Waals surface area (Å²) in [5.74, 6) is -0.0344. The molecule has 5 nitrogen and oxygen atoms in total. The van der Waals surface area contributed by atoms with E-state index < -0.39 is 5.92 Å². The summed E-state index contributed by atoms with van der Waals surface area (Å²) < 4.78 is 10.4. The van der Waals surface area contributed by atoms with Crippen LogP contribution in [0.15, 0.2) is 12.1 Å². The molecule has 34 heavy (non-hydrogen) atoms. The van der Waals surface area contributed by atoms with Gasteiger partial charge in [-0.05, 0) is 52.7 Å². The Hall–Kier alpha value is -2.04. The van der Waals surface area contributed by atoms with Crippen LogP contribution >= 0.6 is 0 Å². The maximum absolute atomic E-state index is 12.5. The van der Waals surface area contributed by atoms with Crippen LogP contribution in [0.2, 0.25) is 0 Å². The monoisotopic (exact) mass is 476 g/mol. The molecule has 0 aliphatic heterocycles.